The Balaban J connectivity index is 1.61. The van der Waals surface area contributed by atoms with Crippen LogP contribution in [0.3, 0.4) is 0 Å². The summed E-state index contributed by atoms with van der Waals surface area (Å²) in [5.74, 6) is -0.0459. The van der Waals surface area contributed by atoms with Crippen molar-refractivity contribution in [1.82, 2.24) is 14.5 Å². The summed E-state index contributed by atoms with van der Waals surface area (Å²) in [6.45, 7) is 2.21. The topological polar surface area (TPSA) is 75.4 Å². The van der Waals surface area contributed by atoms with Crippen LogP contribution < -0.4 is 5.56 Å². The van der Waals surface area contributed by atoms with Crippen molar-refractivity contribution in [3.8, 4) is 0 Å². The Morgan fingerprint density at radius 3 is 2.88 bits per heavy atom. The van der Waals surface area contributed by atoms with Gasteiger partial charge >= 0.3 is 0 Å². The Bertz CT molecular complexity index is 872. The van der Waals surface area contributed by atoms with Crippen LogP contribution in [0.4, 0.5) is 0 Å². The zero-order valence-corrected chi connectivity index (χ0v) is 14.4. The molecule has 25 heavy (non-hydrogen) atoms. The molecule has 2 saturated heterocycles. The van der Waals surface area contributed by atoms with Crippen LogP contribution in [0.2, 0.25) is 0 Å². The first kappa shape index (κ1) is 16.3. The number of para-hydroxylation sites is 1. The molecule has 0 aliphatic carbocycles. The van der Waals surface area contributed by atoms with Gasteiger partial charge in [-0.25, -0.2) is 4.98 Å². The van der Waals surface area contributed by atoms with E-state index in [0.29, 0.717) is 10.9 Å². The highest BCUT2D eigenvalue weighted by Gasteiger charge is 2.56. The van der Waals surface area contributed by atoms with Gasteiger partial charge in [-0.05, 0) is 37.8 Å². The summed E-state index contributed by atoms with van der Waals surface area (Å²) < 4.78 is 1.40. The molecule has 0 unspecified atom stereocenters. The van der Waals surface area contributed by atoms with E-state index < -0.39 is 0 Å². The van der Waals surface area contributed by atoms with E-state index in [-0.39, 0.29) is 42.1 Å². The first-order valence-corrected chi connectivity index (χ1v) is 8.96. The summed E-state index contributed by atoms with van der Waals surface area (Å²) in [5, 5.41) is 10.4. The highest BCUT2D eigenvalue weighted by molar-refractivity contribution is 5.79. The van der Waals surface area contributed by atoms with Gasteiger partial charge < -0.3 is 10.0 Å². The maximum Gasteiger partial charge on any atom is 0.261 e. The van der Waals surface area contributed by atoms with Gasteiger partial charge in [0.05, 0.1) is 23.8 Å². The lowest BCUT2D eigenvalue weighted by atomic mass is 9.72. The van der Waals surface area contributed by atoms with Crippen molar-refractivity contribution in [3.63, 3.8) is 0 Å². The van der Waals surface area contributed by atoms with Gasteiger partial charge in [0.25, 0.3) is 5.56 Å². The molecule has 2 fully saturated rings. The maximum atomic E-state index is 12.9. The minimum Gasteiger partial charge on any atom is -0.396 e. The number of aliphatic hydroxyl groups is 1. The summed E-state index contributed by atoms with van der Waals surface area (Å²) in [5.41, 5.74) is 0.280. The standard InChI is InChI=1S/C19H23N3O3/c1-2-19(11-23)9-13-7-8-16(19)22(13)17(24)10-21-12-20-15-6-4-3-5-14(15)18(21)25/h3-6,12-13,16,23H,2,7-11H2,1H3/t13-,16+,19-/m0/s1. The number of hydrogen-bond acceptors (Lipinski definition) is 4. The number of amides is 1. The molecule has 2 aliphatic rings. The van der Waals surface area contributed by atoms with Gasteiger partial charge in [0.2, 0.25) is 5.91 Å². The van der Waals surface area contributed by atoms with E-state index in [1.54, 1.807) is 18.2 Å². The highest BCUT2D eigenvalue weighted by Crippen LogP contribution is 2.51. The van der Waals surface area contributed by atoms with Crippen LogP contribution in [-0.2, 0) is 11.3 Å². The average Bonchev–Trinajstić information content (AvgIpc) is 3.20. The minimum absolute atomic E-state index is 0.00882. The highest BCUT2D eigenvalue weighted by atomic mass is 16.3. The van der Waals surface area contributed by atoms with Gasteiger partial charge in [-0.2, -0.15) is 0 Å². The molecule has 1 amide bonds. The Hall–Kier alpha value is -2.21. The van der Waals surface area contributed by atoms with Crippen LogP contribution in [0.1, 0.15) is 32.6 Å². The molecule has 3 atom stereocenters. The van der Waals surface area contributed by atoms with Crippen molar-refractivity contribution in [2.45, 2.75) is 51.2 Å². The first-order chi connectivity index (χ1) is 12.1. The van der Waals surface area contributed by atoms with Crippen molar-refractivity contribution in [1.29, 1.82) is 0 Å². The van der Waals surface area contributed by atoms with Crippen molar-refractivity contribution in [3.05, 3.63) is 40.9 Å². The summed E-state index contributed by atoms with van der Waals surface area (Å²) in [7, 11) is 0. The third-order valence-electron chi connectivity index (χ3n) is 6.20. The first-order valence-electron chi connectivity index (χ1n) is 8.96. The van der Waals surface area contributed by atoms with Crippen LogP contribution in [0.5, 0.6) is 0 Å². The number of benzene rings is 1. The van der Waals surface area contributed by atoms with E-state index in [9.17, 15) is 14.7 Å². The van der Waals surface area contributed by atoms with Crippen molar-refractivity contribution >= 4 is 16.8 Å². The molecular formula is C19H23N3O3. The van der Waals surface area contributed by atoms with Gasteiger partial charge in [0.1, 0.15) is 6.54 Å². The Labute approximate surface area is 146 Å². The third-order valence-corrected chi connectivity index (χ3v) is 6.20. The summed E-state index contributed by atoms with van der Waals surface area (Å²) in [6.07, 6.45) is 5.12. The van der Waals surface area contributed by atoms with E-state index in [4.69, 9.17) is 0 Å². The van der Waals surface area contributed by atoms with Crippen LogP contribution in [0.15, 0.2) is 35.4 Å². The smallest absolute Gasteiger partial charge is 0.261 e. The summed E-state index contributed by atoms with van der Waals surface area (Å²) in [4.78, 5) is 31.8. The lowest BCUT2D eigenvalue weighted by Crippen LogP contribution is -2.44. The molecule has 4 rings (SSSR count). The number of nitrogens with zero attached hydrogens (tertiary/aromatic N) is 3. The predicted octanol–water partition coefficient (Wildman–Crippen LogP) is 1.55. The van der Waals surface area contributed by atoms with Crippen LogP contribution in [0, 0.1) is 5.41 Å². The number of aromatic nitrogens is 2. The molecule has 1 aromatic carbocycles. The molecule has 2 aromatic rings. The molecule has 0 spiro atoms. The number of carbonyl (C=O) groups excluding carboxylic acids is 1. The second kappa shape index (κ2) is 5.95. The third kappa shape index (κ3) is 2.39. The Kier molecular flexibility index (Phi) is 3.87. The molecule has 3 heterocycles. The normalized spacial score (nSPS) is 28.0. The number of rotatable bonds is 4. The van der Waals surface area contributed by atoms with Crippen LogP contribution in [0.25, 0.3) is 10.9 Å². The zero-order valence-electron chi connectivity index (χ0n) is 14.4. The van der Waals surface area contributed by atoms with Crippen LogP contribution in [-0.4, -0.2) is 44.2 Å². The average molecular weight is 341 g/mol. The van der Waals surface area contributed by atoms with E-state index in [1.807, 2.05) is 11.0 Å². The number of hydrogen-bond donors (Lipinski definition) is 1. The van der Waals surface area contributed by atoms with Gasteiger partial charge in [0.15, 0.2) is 0 Å². The lowest BCUT2D eigenvalue weighted by molar-refractivity contribution is -0.134. The Morgan fingerprint density at radius 1 is 1.36 bits per heavy atom. The molecular weight excluding hydrogens is 318 g/mol. The molecule has 2 aliphatic heterocycles. The molecule has 1 N–H and O–H groups in total. The zero-order chi connectivity index (χ0) is 17.6. The van der Waals surface area contributed by atoms with Crippen molar-refractivity contribution < 1.29 is 9.90 Å². The fourth-order valence-corrected chi connectivity index (χ4v) is 4.78. The van der Waals surface area contributed by atoms with E-state index in [1.165, 1.54) is 10.9 Å². The number of aliphatic hydroxyl groups excluding tert-OH is 1. The van der Waals surface area contributed by atoms with Crippen molar-refractivity contribution in [2.24, 2.45) is 5.41 Å². The van der Waals surface area contributed by atoms with E-state index >= 15 is 0 Å². The molecule has 6 nitrogen and oxygen atoms in total. The number of fused-ring (bicyclic) bond motifs is 3. The fraction of sp³-hybridized carbons (Fsp3) is 0.526. The van der Waals surface area contributed by atoms with Crippen LogP contribution >= 0.6 is 0 Å². The quantitative estimate of drug-likeness (QED) is 0.915. The second-order valence-electron chi connectivity index (χ2n) is 7.32. The van der Waals surface area contributed by atoms with Gasteiger partial charge in [-0.1, -0.05) is 19.1 Å². The maximum absolute atomic E-state index is 12.9. The minimum atomic E-state index is -0.186. The SMILES string of the molecule is CC[C@@]1(CO)C[C@@H]2CC[C@H]1N2C(=O)Cn1cnc2ccccc2c1=O. The monoisotopic (exact) mass is 341 g/mol. The second-order valence-corrected chi connectivity index (χ2v) is 7.32. The van der Waals surface area contributed by atoms with Crippen molar-refractivity contribution in [2.75, 3.05) is 6.61 Å². The molecule has 1 aromatic heterocycles. The lowest BCUT2D eigenvalue weighted by Gasteiger charge is -2.34. The summed E-state index contributed by atoms with van der Waals surface area (Å²) in [6, 6.07) is 7.44. The van der Waals surface area contributed by atoms with Gasteiger partial charge in [-0.3, -0.25) is 14.2 Å². The molecule has 2 bridgehead atoms. The van der Waals surface area contributed by atoms with Gasteiger partial charge in [-0.15, -0.1) is 0 Å². The summed E-state index contributed by atoms with van der Waals surface area (Å²) >= 11 is 0. The van der Waals surface area contributed by atoms with E-state index in [2.05, 4.69) is 11.9 Å². The van der Waals surface area contributed by atoms with Gasteiger partial charge in [0, 0.05) is 17.5 Å². The Morgan fingerprint density at radius 2 is 2.16 bits per heavy atom. The molecule has 6 heteroatoms. The molecule has 0 radical (unpaired) electrons. The molecule has 0 saturated carbocycles. The largest absolute Gasteiger partial charge is 0.396 e. The molecule has 132 valence electrons. The van der Waals surface area contributed by atoms with E-state index in [0.717, 1.165) is 25.7 Å². The predicted molar refractivity (Wildman–Crippen MR) is 94.1 cm³/mol. The fourth-order valence-electron chi connectivity index (χ4n) is 4.78. The number of carbonyl (C=O) groups is 1.